The summed E-state index contributed by atoms with van der Waals surface area (Å²) in [6.07, 6.45) is -2.30. The van der Waals surface area contributed by atoms with Gasteiger partial charge in [-0.2, -0.15) is 0 Å². The van der Waals surface area contributed by atoms with Gasteiger partial charge < -0.3 is 4.74 Å². The zero-order valence-electron chi connectivity index (χ0n) is 10.1. The number of nitrogens with zero attached hydrogens (tertiary/aromatic N) is 1. The molecule has 0 aliphatic rings. The number of non-ortho nitro benzene ring substituents is 1. The number of nitro groups is 1. The summed E-state index contributed by atoms with van der Waals surface area (Å²) in [5.41, 5.74) is -0.130. The molecule has 0 N–H and O–H groups in total. The highest BCUT2D eigenvalue weighted by Gasteiger charge is 2.07. The van der Waals surface area contributed by atoms with Gasteiger partial charge in [-0.1, -0.05) is 12.1 Å². The van der Waals surface area contributed by atoms with E-state index in [1.807, 2.05) is 0 Å². The van der Waals surface area contributed by atoms with Crippen LogP contribution in [-0.4, -0.2) is 17.5 Å². The van der Waals surface area contributed by atoms with E-state index >= 15 is 0 Å². The maximum Gasteiger partial charge on any atom is 0.310 e. The maximum atomic E-state index is 11.4. The lowest BCUT2D eigenvalue weighted by Crippen LogP contribution is -2.07. The van der Waals surface area contributed by atoms with Crippen LogP contribution >= 0.6 is 0 Å². The molecule has 0 spiro atoms. The Morgan fingerprint density at radius 1 is 1.53 bits per heavy atom. The summed E-state index contributed by atoms with van der Waals surface area (Å²) in [7, 11) is 0. The SMILES string of the molecule is [2H]C([2H])(C(=O)OCC)c1ccc([N+](=O)[O-])cc1. The van der Waals surface area contributed by atoms with Crippen LogP contribution in [0, 0.1) is 10.1 Å². The van der Waals surface area contributed by atoms with Crippen LogP contribution in [0.15, 0.2) is 24.3 Å². The number of nitro benzene ring substituents is 1. The summed E-state index contributed by atoms with van der Waals surface area (Å²) in [6, 6.07) is 4.70. The van der Waals surface area contributed by atoms with Crippen LogP contribution in [0.2, 0.25) is 0 Å². The van der Waals surface area contributed by atoms with E-state index in [4.69, 9.17) is 2.74 Å². The number of hydrogen-bond donors (Lipinski definition) is 0. The molecule has 0 aliphatic carbocycles. The summed E-state index contributed by atoms with van der Waals surface area (Å²) in [5.74, 6) is -1.01. The fraction of sp³-hybridized carbons (Fsp3) is 0.300. The Labute approximate surface area is 89.6 Å². The monoisotopic (exact) mass is 211 g/mol. The third-order valence-electron chi connectivity index (χ3n) is 1.60. The predicted molar refractivity (Wildman–Crippen MR) is 53.4 cm³/mol. The van der Waals surface area contributed by atoms with Crippen LogP contribution in [0.25, 0.3) is 0 Å². The summed E-state index contributed by atoms with van der Waals surface area (Å²) in [4.78, 5) is 21.2. The van der Waals surface area contributed by atoms with E-state index in [-0.39, 0.29) is 17.9 Å². The van der Waals surface area contributed by atoms with Gasteiger partial charge in [0.2, 0.25) is 0 Å². The molecule has 1 aromatic carbocycles. The predicted octanol–water partition coefficient (Wildman–Crippen LogP) is 1.70. The molecule has 0 heterocycles. The summed E-state index contributed by atoms with van der Waals surface area (Å²) < 4.78 is 19.7. The van der Waals surface area contributed by atoms with Crippen LogP contribution in [0.3, 0.4) is 0 Å². The standard InChI is InChI=1S/C10H11NO4/c1-2-15-10(12)7-8-3-5-9(6-4-8)11(13)14/h3-6H,2,7H2,1H3/i7D2. The molecule has 15 heavy (non-hydrogen) atoms. The van der Waals surface area contributed by atoms with Crippen molar-refractivity contribution in [2.75, 3.05) is 6.61 Å². The molecule has 0 saturated carbocycles. The minimum absolute atomic E-state index is 0.0292. The molecular formula is C10H11NO4. The molecule has 5 heteroatoms. The number of rotatable bonds is 4. The molecule has 1 rings (SSSR count). The first-order valence-corrected chi connectivity index (χ1v) is 4.31. The summed E-state index contributed by atoms with van der Waals surface area (Å²) >= 11 is 0. The minimum atomic E-state index is -2.30. The first-order chi connectivity index (χ1) is 7.89. The van der Waals surface area contributed by atoms with Crippen molar-refractivity contribution in [1.29, 1.82) is 0 Å². The van der Waals surface area contributed by atoms with E-state index < -0.39 is 17.3 Å². The Morgan fingerprint density at radius 2 is 2.13 bits per heavy atom. The van der Waals surface area contributed by atoms with Crippen LogP contribution in [-0.2, 0) is 15.9 Å². The number of benzene rings is 1. The molecule has 0 aromatic heterocycles. The quantitative estimate of drug-likeness (QED) is 0.431. The molecule has 0 unspecified atom stereocenters. The van der Waals surface area contributed by atoms with Gasteiger partial charge in [0, 0.05) is 14.9 Å². The van der Waals surface area contributed by atoms with Crippen molar-refractivity contribution in [3.8, 4) is 0 Å². The van der Waals surface area contributed by atoms with Gasteiger partial charge in [-0.05, 0) is 12.5 Å². The lowest BCUT2D eigenvalue weighted by Gasteiger charge is -2.01. The van der Waals surface area contributed by atoms with Crippen LogP contribution in [0.4, 0.5) is 5.69 Å². The van der Waals surface area contributed by atoms with Crippen LogP contribution in [0.5, 0.6) is 0 Å². The van der Waals surface area contributed by atoms with Gasteiger partial charge in [0.15, 0.2) is 0 Å². The number of hydrogen-bond acceptors (Lipinski definition) is 4. The van der Waals surface area contributed by atoms with E-state index in [0.29, 0.717) is 0 Å². The van der Waals surface area contributed by atoms with E-state index in [2.05, 4.69) is 4.74 Å². The molecule has 0 radical (unpaired) electrons. The molecule has 80 valence electrons. The van der Waals surface area contributed by atoms with E-state index in [1.54, 1.807) is 6.92 Å². The topological polar surface area (TPSA) is 69.4 Å². The molecule has 0 atom stereocenters. The van der Waals surface area contributed by atoms with Crippen molar-refractivity contribution >= 4 is 11.7 Å². The Bertz CT molecular complexity index is 430. The molecule has 0 saturated heterocycles. The maximum absolute atomic E-state index is 11.4. The van der Waals surface area contributed by atoms with Crippen molar-refractivity contribution in [2.24, 2.45) is 0 Å². The smallest absolute Gasteiger partial charge is 0.310 e. The average Bonchev–Trinajstić information content (AvgIpc) is 2.29. The largest absolute Gasteiger partial charge is 0.466 e. The fourth-order valence-corrected chi connectivity index (χ4v) is 0.952. The fourth-order valence-electron chi connectivity index (χ4n) is 0.952. The lowest BCUT2D eigenvalue weighted by molar-refractivity contribution is -0.384. The van der Waals surface area contributed by atoms with E-state index in [9.17, 15) is 14.9 Å². The second-order valence-corrected chi connectivity index (χ2v) is 2.65. The van der Waals surface area contributed by atoms with E-state index in [1.165, 1.54) is 12.1 Å². The summed E-state index contributed by atoms with van der Waals surface area (Å²) in [5, 5.41) is 10.4. The zero-order chi connectivity index (χ0) is 13.1. The second kappa shape index (κ2) is 5.09. The van der Waals surface area contributed by atoms with Crippen molar-refractivity contribution in [3.63, 3.8) is 0 Å². The highest BCUT2D eigenvalue weighted by molar-refractivity contribution is 5.72. The van der Waals surface area contributed by atoms with Gasteiger partial charge in [-0.15, -0.1) is 0 Å². The van der Waals surface area contributed by atoms with Gasteiger partial charge in [0.05, 0.1) is 17.9 Å². The van der Waals surface area contributed by atoms with Gasteiger partial charge >= 0.3 is 5.97 Å². The van der Waals surface area contributed by atoms with Crippen molar-refractivity contribution < 1.29 is 17.2 Å². The van der Waals surface area contributed by atoms with Gasteiger partial charge in [-0.25, -0.2) is 0 Å². The highest BCUT2D eigenvalue weighted by Crippen LogP contribution is 2.12. The number of esters is 1. The number of carbonyl (C=O) groups is 1. The van der Waals surface area contributed by atoms with Crippen molar-refractivity contribution in [2.45, 2.75) is 13.3 Å². The van der Waals surface area contributed by atoms with Crippen LogP contribution in [0.1, 0.15) is 15.2 Å². The van der Waals surface area contributed by atoms with Gasteiger partial charge in [0.1, 0.15) is 0 Å². The Kier molecular flexibility index (Phi) is 2.85. The van der Waals surface area contributed by atoms with Crippen LogP contribution < -0.4 is 0 Å². The number of ether oxygens (including phenoxy) is 1. The third-order valence-corrected chi connectivity index (χ3v) is 1.60. The van der Waals surface area contributed by atoms with E-state index in [0.717, 1.165) is 12.1 Å². The van der Waals surface area contributed by atoms with Gasteiger partial charge in [-0.3, -0.25) is 14.9 Å². The second-order valence-electron chi connectivity index (χ2n) is 2.65. The Hall–Kier alpha value is -1.91. The summed E-state index contributed by atoms with van der Waals surface area (Å²) in [6.45, 7) is 1.65. The van der Waals surface area contributed by atoms with Crippen molar-refractivity contribution in [1.82, 2.24) is 0 Å². The minimum Gasteiger partial charge on any atom is -0.466 e. The zero-order valence-corrected chi connectivity index (χ0v) is 8.10. The molecule has 0 amide bonds. The molecule has 1 aromatic rings. The first-order valence-electron chi connectivity index (χ1n) is 5.31. The normalized spacial score (nSPS) is 12.6. The number of carbonyl (C=O) groups excluding carboxylic acids is 1. The van der Waals surface area contributed by atoms with Gasteiger partial charge in [0.25, 0.3) is 5.69 Å². The highest BCUT2D eigenvalue weighted by atomic mass is 16.6. The Morgan fingerprint density at radius 3 is 2.60 bits per heavy atom. The molecule has 0 aliphatic heterocycles. The Balaban J connectivity index is 2.99. The molecule has 0 fully saturated rings. The molecule has 0 bridgehead atoms. The third kappa shape index (κ3) is 3.38. The first kappa shape index (κ1) is 8.40. The molecule has 5 nitrogen and oxygen atoms in total. The lowest BCUT2D eigenvalue weighted by atomic mass is 10.1. The average molecular weight is 211 g/mol. The van der Waals surface area contributed by atoms with Crippen molar-refractivity contribution in [3.05, 3.63) is 39.9 Å². The molecular weight excluding hydrogens is 198 g/mol.